The van der Waals surface area contributed by atoms with Crippen molar-refractivity contribution < 1.29 is 0 Å². The Bertz CT molecular complexity index is 500. The molecule has 0 N–H and O–H groups in total. The minimum atomic E-state index is -0.0195. The summed E-state index contributed by atoms with van der Waals surface area (Å²) in [4.78, 5) is 15.3. The normalized spacial score (nSPS) is 10.5. The van der Waals surface area contributed by atoms with Crippen LogP contribution in [0.1, 0.15) is 5.56 Å². The fourth-order valence-electron chi connectivity index (χ4n) is 1.40. The molecule has 2 heterocycles. The maximum atomic E-state index is 11.3. The highest BCUT2D eigenvalue weighted by Crippen LogP contribution is 1.98. The van der Waals surface area contributed by atoms with Gasteiger partial charge in [0.15, 0.2) is 0 Å². The van der Waals surface area contributed by atoms with Crippen molar-refractivity contribution in [3.63, 3.8) is 0 Å². The molecule has 0 bridgehead atoms. The highest BCUT2D eigenvalue weighted by atomic mass is 16.1. The van der Waals surface area contributed by atoms with Crippen LogP contribution in [-0.4, -0.2) is 19.3 Å². The Labute approximate surface area is 87.0 Å². The van der Waals surface area contributed by atoms with Crippen molar-refractivity contribution in [3.05, 3.63) is 46.9 Å². The standard InChI is InChI=1S/C10H12N4O/c1-13-7-9(6-12-13)3-5-14-8-11-4-2-10(14)15/h2,4,6-8H,3,5H2,1H3. The second-order valence-electron chi connectivity index (χ2n) is 3.38. The zero-order valence-electron chi connectivity index (χ0n) is 8.50. The van der Waals surface area contributed by atoms with Gasteiger partial charge in [0.2, 0.25) is 0 Å². The molecule has 0 aliphatic rings. The predicted octanol–water partition coefficient (Wildman–Crippen LogP) is 0.220. The summed E-state index contributed by atoms with van der Waals surface area (Å²) >= 11 is 0. The first kappa shape index (κ1) is 9.64. The number of rotatable bonds is 3. The molecule has 5 nitrogen and oxygen atoms in total. The highest BCUT2D eigenvalue weighted by molar-refractivity contribution is 5.03. The van der Waals surface area contributed by atoms with Gasteiger partial charge in [-0.25, -0.2) is 4.98 Å². The van der Waals surface area contributed by atoms with Gasteiger partial charge >= 0.3 is 0 Å². The smallest absolute Gasteiger partial charge is 0.253 e. The fraction of sp³-hybridized carbons (Fsp3) is 0.300. The molecule has 0 unspecified atom stereocenters. The van der Waals surface area contributed by atoms with E-state index >= 15 is 0 Å². The van der Waals surface area contributed by atoms with E-state index in [1.54, 1.807) is 21.8 Å². The van der Waals surface area contributed by atoms with Gasteiger partial charge in [0.25, 0.3) is 5.56 Å². The van der Waals surface area contributed by atoms with Crippen LogP contribution in [0.5, 0.6) is 0 Å². The summed E-state index contributed by atoms with van der Waals surface area (Å²) in [7, 11) is 1.87. The molecule has 5 heteroatoms. The molecule has 2 rings (SSSR count). The molecule has 0 saturated heterocycles. The van der Waals surface area contributed by atoms with Gasteiger partial charge in [-0.3, -0.25) is 14.0 Å². The van der Waals surface area contributed by atoms with Gasteiger partial charge in [0, 0.05) is 32.1 Å². The maximum Gasteiger partial charge on any atom is 0.253 e. The molecule has 2 aromatic heterocycles. The third-order valence-corrected chi connectivity index (χ3v) is 2.19. The van der Waals surface area contributed by atoms with E-state index in [1.807, 2.05) is 13.2 Å². The van der Waals surface area contributed by atoms with Gasteiger partial charge in [-0.15, -0.1) is 0 Å². The Morgan fingerprint density at radius 3 is 3.00 bits per heavy atom. The molecule has 0 radical (unpaired) electrons. The summed E-state index contributed by atoms with van der Waals surface area (Å²) in [6.07, 6.45) is 7.60. The van der Waals surface area contributed by atoms with Gasteiger partial charge < -0.3 is 0 Å². The molecule has 0 spiro atoms. The number of hydrogen-bond acceptors (Lipinski definition) is 3. The molecular weight excluding hydrogens is 192 g/mol. The first-order valence-corrected chi connectivity index (χ1v) is 4.74. The van der Waals surface area contributed by atoms with Gasteiger partial charge in [-0.1, -0.05) is 0 Å². The third-order valence-electron chi connectivity index (χ3n) is 2.19. The molecule has 0 aromatic carbocycles. The van der Waals surface area contributed by atoms with Crippen molar-refractivity contribution in [1.82, 2.24) is 19.3 Å². The summed E-state index contributed by atoms with van der Waals surface area (Å²) in [5.74, 6) is 0. The van der Waals surface area contributed by atoms with Crippen molar-refractivity contribution >= 4 is 0 Å². The number of nitrogens with zero attached hydrogens (tertiary/aromatic N) is 4. The Hall–Kier alpha value is -1.91. The largest absolute Gasteiger partial charge is 0.299 e. The molecule has 0 aliphatic heterocycles. The van der Waals surface area contributed by atoms with Crippen LogP contribution < -0.4 is 5.56 Å². The lowest BCUT2D eigenvalue weighted by atomic mass is 10.2. The van der Waals surface area contributed by atoms with Crippen LogP contribution in [-0.2, 0) is 20.0 Å². The average Bonchev–Trinajstić information content (AvgIpc) is 2.63. The van der Waals surface area contributed by atoms with Crippen molar-refractivity contribution in [2.75, 3.05) is 0 Å². The van der Waals surface area contributed by atoms with E-state index in [0.29, 0.717) is 6.54 Å². The van der Waals surface area contributed by atoms with E-state index in [-0.39, 0.29) is 5.56 Å². The summed E-state index contributed by atoms with van der Waals surface area (Å²) in [6, 6.07) is 1.46. The van der Waals surface area contributed by atoms with Crippen LogP contribution >= 0.6 is 0 Å². The van der Waals surface area contributed by atoms with Crippen LogP contribution in [0.3, 0.4) is 0 Å². The Morgan fingerprint density at radius 1 is 1.47 bits per heavy atom. The maximum absolute atomic E-state index is 11.3. The van der Waals surface area contributed by atoms with E-state index in [9.17, 15) is 4.79 Å². The number of aromatic nitrogens is 4. The zero-order chi connectivity index (χ0) is 10.7. The highest BCUT2D eigenvalue weighted by Gasteiger charge is 1.98. The lowest BCUT2D eigenvalue weighted by Crippen LogP contribution is -2.19. The van der Waals surface area contributed by atoms with E-state index in [0.717, 1.165) is 12.0 Å². The van der Waals surface area contributed by atoms with Crippen LogP contribution in [0.15, 0.2) is 35.8 Å². The van der Waals surface area contributed by atoms with Crippen molar-refractivity contribution in [2.24, 2.45) is 7.05 Å². The fourth-order valence-corrected chi connectivity index (χ4v) is 1.40. The lowest BCUT2D eigenvalue weighted by Gasteiger charge is -2.01. The second-order valence-corrected chi connectivity index (χ2v) is 3.38. The topological polar surface area (TPSA) is 52.7 Å². The third kappa shape index (κ3) is 2.31. The molecule has 0 fully saturated rings. The predicted molar refractivity (Wildman–Crippen MR) is 55.4 cm³/mol. The van der Waals surface area contributed by atoms with Gasteiger partial charge in [-0.05, 0) is 12.0 Å². The van der Waals surface area contributed by atoms with Gasteiger partial charge in [0.1, 0.15) is 0 Å². The zero-order valence-corrected chi connectivity index (χ0v) is 8.50. The van der Waals surface area contributed by atoms with Crippen LogP contribution in [0, 0.1) is 0 Å². The summed E-state index contributed by atoms with van der Waals surface area (Å²) < 4.78 is 3.34. The molecule has 0 saturated carbocycles. The van der Waals surface area contributed by atoms with Gasteiger partial charge in [0.05, 0.1) is 12.5 Å². The van der Waals surface area contributed by atoms with E-state index in [1.165, 1.54) is 12.3 Å². The van der Waals surface area contributed by atoms with Crippen molar-refractivity contribution in [1.29, 1.82) is 0 Å². The molecule has 0 amide bonds. The van der Waals surface area contributed by atoms with Crippen molar-refractivity contribution in [3.8, 4) is 0 Å². The minimum Gasteiger partial charge on any atom is -0.299 e. The first-order valence-electron chi connectivity index (χ1n) is 4.74. The quantitative estimate of drug-likeness (QED) is 0.718. The molecule has 0 atom stereocenters. The lowest BCUT2D eigenvalue weighted by molar-refractivity contribution is 0.654. The number of aryl methyl sites for hydroxylation is 3. The van der Waals surface area contributed by atoms with Crippen molar-refractivity contribution in [2.45, 2.75) is 13.0 Å². The van der Waals surface area contributed by atoms with Crippen LogP contribution in [0.4, 0.5) is 0 Å². The molecule has 15 heavy (non-hydrogen) atoms. The van der Waals surface area contributed by atoms with E-state index < -0.39 is 0 Å². The second kappa shape index (κ2) is 4.08. The summed E-state index contributed by atoms with van der Waals surface area (Å²) in [6.45, 7) is 0.637. The van der Waals surface area contributed by atoms with Gasteiger partial charge in [-0.2, -0.15) is 5.10 Å². The molecular formula is C10H12N4O. The molecule has 0 aliphatic carbocycles. The summed E-state index contributed by atoms with van der Waals surface area (Å²) in [5.41, 5.74) is 1.10. The Balaban J connectivity index is 2.05. The first-order chi connectivity index (χ1) is 7.25. The monoisotopic (exact) mass is 204 g/mol. The SMILES string of the molecule is Cn1cc(CCn2cnccc2=O)cn1. The Morgan fingerprint density at radius 2 is 2.33 bits per heavy atom. The van der Waals surface area contributed by atoms with E-state index in [4.69, 9.17) is 0 Å². The van der Waals surface area contributed by atoms with Crippen LogP contribution in [0.2, 0.25) is 0 Å². The molecule has 78 valence electrons. The summed E-state index contributed by atoms with van der Waals surface area (Å²) in [5, 5.41) is 4.06. The average molecular weight is 204 g/mol. The molecule has 2 aromatic rings. The number of hydrogen-bond donors (Lipinski definition) is 0. The Kier molecular flexibility index (Phi) is 2.62. The minimum absolute atomic E-state index is 0.0195. The van der Waals surface area contributed by atoms with E-state index in [2.05, 4.69) is 10.1 Å². The van der Waals surface area contributed by atoms with Crippen LogP contribution in [0.25, 0.3) is 0 Å².